The molecule has 2 aromatic carbocycles. The zero-order chi connectivity index (χ0) is 16.2. The maximum absolute atomic E-state index is 12.6. The molecule has 0 bridgehead atoms. The van der Waals surface area contributed by atoms with Gasteiger partial charge in [0.05, 0.1) is 5.69 Å². The lowest BCUT2D eigenvalue weighted by molar-refractivity contribution is -0.128. The Bertz CT molecular complexity index is 729. The van der Waals surface area contributed by atoms with E-state index in [0.717, 1.165) is 21.4 Å². The van der Waals surface area contributed by atoms with Gasteiger partial charge in [-0.2, -0.15) is 0 Å². The van der Waals surface area contributed by atoms with Gasteiger partial charge >= 0.3 is 0 Å². The molecule has 1 amide bonds. The first-order valence-corrected chi connectivity index (χ1v) is 9.24. The van der Waals surface area contributed by atoms with Gasteiger partial charge in [-0.05, 0) is 17.2 Å². The molecule has 23 heavy (non-hydrogen) atoms. The third-order valence-corrected chi connectivity index (χ3v) is 5.98. The highest BCUT2D eigenvalue weighted by molar-refractivity contribution is 8.38. The first kappa shape index (κ1) is 16.1. The van der Waals surface area contributed by atoms with Crippen molar-refractivity contribution in [2.75, 3.05) is 14.1 Å². The molecule has 0 aromatic heterocycles. The van der Waals surface area contributed by atoms with Crippen LogP contribution in [0, 0.1) is 0 Å². The first-order valence-electron chi connectivity index (χ1n) is 7.37. The van der Waals surface area contributed by atoms with E-state index < -0.39 is 0 Å². The molecule has 1 atom stereocenters. The van der Waals surface area contributed by atoms with Gasteiger partial charge in [0.15, 0.2) is 0 Å². The van der Waals surface area contributed by atoms with Crippen molar-refractivity contribution in [1.82, 2.24) is 4.90 Å². The van der Waals surface area contributed by atoms with Gasteiger partial charge in [0.25, 0.3) is 0 Å². The SMILES string of the molecule is CN(C)C(=O)C(SC1=Nc2ccccc2CS1)c1ccccc1. The molecule has 0 radical (unpaired) electrons. The number of amides is 1. The number of para-hydroxylation sites is 1. The largest absolute Gasteiger partial charge is 0.348 e. The van der Waals surface area contributed by atoms with Crippen LogP contribution in [0.3, 0.4) is 0 Å². The van der Waals surface area contributed by atoms with Crippen molar-refractivity contribution in [1.29, 1.82) is 0 Å². The van der Waals surface area contributed by atoms with Gasteiger partial charge in [-0.15, -0.1) is 0 Å². The highest BCUT2D eigenvalue weighted by Crippen LogP contribution is 2.40. The Labute approximate surface area is 145 Å². The smallest absolute Gasteiger partial charge is 0.240 e. The third-order valence-electron chi connectivity index (χ3n) is 3.54. The summed E-state index contributed by atoms with van der Waals surface area (Å²) in [5.74, 6) is 0.989. The predicted molar refractivity (Wildman–Crippen MR) is 100 cm³/mol. The number of carbonyl (C=O) groups is 1. The van der Waals surface area contributed by atoms with Crippen molar-refractivity contribution in [3.8, 4) is 0 Å². The molecule has 2 aromatic rings. The molecule has 0 saturated carbocycles. The maximum atomic E-state index is 12.6. The number of thioether (sulfide) groups is 2. The summed E-state index contributed by atoms with van der Waals surface area (Å²) in [5.41, 5.74) is 3.27. The van der Waals surface area contributed by atoms with E-state index in [1.807, 2.05) is 48.5 Å². The fourth-order valence-corrected chi connectivity index (χ4v) is 4.68. The summed E-state index contributed by atoms with van der Waals surface area (Å²) in [6.07, 6.45) is 0. The van der Waals surface area contributed by atoms with Crippen LogP contribution in [-0.4, -0.2) is 29.3 Å². The summed E-state index contributed by atoms with van der Waals surface area (Å²) in [4.78, 5) is 19.0. The Kier molecular flexibility index (Phi) is 5.08. The van der Waals surface area contributed by atoms with Crippen LogP contribution in [0.1, 0.15) is 16.4 Å². The van der Waals surface area contributed by atoms with Gasteiger partial charge in [-0.25, -0.2) is 4.99 Å². The lowest BCUT2D eigenvalue weighted by Gasteiger charge is -2.22. The van der Waals surface area contributed by atoms with Crippen molar-refractivity contribution in [3.05, 3.63) is 65.7 Å². The predicted octanol–water partition coefficient (Wildman–Crippen LogP) is 4.48. The number of rotatable bonds is 3. The zero-order valence-corrected chi connectivity index (χ0v) is 14.7. The summed E-state index contributed by atoms with van der Waals surface area (Å²) >= 11 is 3.24. The van der Waals surface area contributed by atoms with Gasteiger partial charge < -0.3 is 4.90 Å². The van der Waals surface area contributed by atoms with Gasteiger partial charge in [0.1, 0.15) is 9.63 Å². The fourth-order valence-electron chi connectivity index (χ4n) is 2.30. The van der Waals surface area contributed by atoms with Crippen molar-refractivity contribution in [2.24, 2.45) is 4.99 Å². The highest BCUT2D eigenvalue weighted by Gasteiger charge is 2.26. The lowest BCUT2D eigenvalue weighted by atomic mass is 10.1. The number of nitrogens with zero attached hydrogens (tertiary/aromatic N) is 2. The second kappa shape index (κ2) is 7.23. The van der Waals surface area contributed by atoms with E-state index in [2.05, 4.69) is 6.07 Å². The van der Waals surface area contributed by atoms with Gasteiger partial charge in [0.2, 0.25) is 5.91 Å². The molecule has 1 unspecified atom stereocenters. The van der Waals surface area contributed by atoms with Crippen LogP contribution in [0.15, 0.2) is 59.6 Å². The molecule has 1 aliphatic heterocycles. The van der Waals surface area contributed by atoms with Gasteiger partial charge in [-0.1, -0.05) is 72.1 Å². The van der Waals surface area contributed by atoms with Crippen LogP contribution in [-0.2, 0) is 10.5 Å². The van der Waals surface area contributed by atoms with Crippen molar-refractivity contribution in [2.45, 2.75) is 11.0 Å². The number of likely N-dealkylation sites (N-methyl/N-ethyl adjacent to an activating group) is 1. The quantitative estimate of drug-likeness (QED) is 0.824. The van der Waals surface area contributed by atoms with Crippen LogP contribution in [0.25, 0.3) is 0 Å². The number of aliphatic imine (C=N–C) groups is 1. The lowest BCUT2D eigenvalue weighted by Crippen LogP contribution is -2.27. The Morgan fingerprint density at radius 3 is 2.57 bits per heavy atom. The Morgan fingerprint density at radius 2 is 1.83 bits per heavy atom. The van der Waals surface area contributed by atoms with Crippen LogP contribution in [0.5, 0.6) is 0 Å². The molecular weight excluding hydrogens is 324 g/mol. The minimum absolute atomic E-state index is 0.0864. The van der Waals surface area contributed by atoms with E-state index in [4.69, 9.17) is 4.99 Å². The summed E-state index contributed by atoms with van der Waals surface area (Å²) < 4.78 is 0.952. The van der Waals surface area contributed by atoms with E-state index in [9.17, 15) is 4.79 Å². The minimum Gasteiger partial charge on any atom is -0.348 e. The molecule has 0 saturated heterocycles. The number of hydrogen-bond acceptors (Lipinski definition) is 4. The molecule has 0 fully saturated rings. The minimum atomic E-state index is -0.261. The van der Waals surface area contributed by atoms with E-state index >= 15 is 0 Å². The number of fused-ring (bicyclic) bond motifs is 1. The zero-order valence-electron chi connectivity index (χ0n) is 13.1. The van der Waals surface area contributed by atoms with E-state index in [0.29, 0.717) is 0 Å². The van der Waals surface area contributed by atoms with Crippen molar-refractivity contribution >= 4 is 39.5 Å². The highest BCUT2D eigenvalue weighted by atomic mass is 32.2. The first-order chi connectivity index (χ1) is 11.1. The van der Waals surface area contributed by atoms with Crippen LogP contribution >= 0.6 is 23.5 Å². The summed E-state index contributed by atoms with van der Waals surface area (Å²) in [6, 6.07) is 18.1. The number of benzene rings is 2. The van der Waals surface area contributed by atoms with Gasteiger partial charge in [-0.3, -0.25) is 4.79 Å². The monoisotopic (exact) mass is 342 g/mol. The average Bonchev–Trinajstić information content (AvgIpc) is 2.59. The topological polar surface area (TPSA) is 32.7 Å². The molecule has 1 heterocycles. The fraction of sp³-hybridized carbons (Fsp3) is 0.222. The number of hydrogen-bond donors (Lipinski definition) is 0. The summed E-state index contributed by atoms with van der Waals surface area (Å²) in [5, 5.41) is -0.261. The molecule has 5 heteroatoms. The standard InChI is InChI=1S/C18H18N2OS2/c1-20(2)17(21)16(13-8-4-3-5-9-13)23-18-19-15-11-7-6-10-14(15)12-22-18/h3-11,16H,12H2,1-2H3. The van der Waals surface area contributed by atoms with Crippen LogP contribution in [0.4, 0.5) is 5.69 Å². The van der Waals surface area contributed by atoms with E-state index in [1.54, 1.807) is 42.5 Å². The Balaban J connectivity index is 1.88. The molecular formula is C18H18N2OS2. The molecule has 118 valence electrons. The van der Waals surface area contributed by atoms with E-state index in [1.165, 1.54) is 5.56 Å². The Morgan fingerprint density at radius 1 is 1.13 bits per heavy atom. The molecule has 1 aliphatic rings. The number of carbonyl (C=O) groups excluding carboxylic acids is 1. The van der Waals surface area contributed by atoms with Gasteiger partial charge in [0, 0.05) is 19.8 Å². The molecule has 0 aliphatic carbocycles. The normalized spacial score (nSPS) is 14.6. The molecule has 0 spiro atoms. The van der Waals surface area contributed by atoms with Crippen LogP contribution < -0.4 is 0 Å². The Hall–Kier alpha value is -1.72. The molecule has 3 rings (SSSR count). The van der Waals surface area contributed by atoms with Crippen molar-refractivity contribution < 1.29 is 4.79 Å². The third kappa shape index (κ3) is 3.79. The second-order valence-corrected chi connectivity index (χ2v) is 7.75. The molecule has 0 N–H and O–H groups in total. The second-order valence-electron chi connectivity index (χ2n) is 5.44. The average molecular weight is 342 g/mol. The molecule has 3 nitrogen and oxygen atoms in total. The van der Waals surface area contributed by atoms with Crippen LogP contribution in [0.2, 0.25) is 0 Å². The summed E-state index contributed by atoms with van der Waals surface area (Å²) in [6.45, 7) is 0. The van der Waals surface area contributed by atoms with Crippen molar-refractivity contribution in [3.63, 3.8) is 0 Å². The van der Waals surface area contributed by atoms with E-state index in [-0.39, 0.29) is 11.2 Å². The summed E-state index contributed by atoms with van der Waals surface area (Å²) in [7, 11) is 3.59. The maximum Gasteiger partial charge on any atom is 0.240 e.